The van der Waals surface area contributed by atoms with Crippen molar-refractivity contribution in [3.63, 3.8) is 0 Å². The van der Waals surface area contributed by atoms with Crippen LogP contribution in [0.25, 0.3) is 0 Å². The zero-order chi connectivity index (χ0) is 110. The minimum Gasteiger partial charge on any atom is -0.463 e. The molecule has 0 aromatic carbocycles. The second-order valence-electron chi connectivity index (χ2n) is 45.6. The molecule has 9 aliphatic rings. The van der Waals surface area contributed by atoms with Gasteiger partial charge in [0.2, 0.25) is 0 Å². The van der Waals surface area contributed by atoms with Crippen molar-refractivity contribution in [2.45, 2.75) is 518 Å². The van der Waals surface area contributed by atoms with Crippen LogP contribution < -0.4 is 0 Å². The van der Waals surface area contributed by atoms with E-state index in [0.717, 1.165) is 6.42 Å². The number of hydrogen-bond donors (Lipinski definition) is 27. The lowest BCUT2D eigenvalue weighted by atomic mass is 9.84. The van der Waals surface area contributed by atoms with Crippen LogP contribution in [0.3, 0.4) is 0 Å². The Morgan fingerprint density at radius 3 is 0.837 bits per heavy atom. The number of alkyl halides is 1. The average Bonchev–Trinajstić information content (AvgIpc) is 1.77. The first-order chi connectivity index (χ1) is 63.8. The molecule has 0 saturated carbocycles. The summed E-state index contributed by atoms with van der Waals surface area (Å²) in [5, 5.41) is 254. The molecule has 9 saturated heterocycles. The van der Waals surface area contributed by atoms with Crippen LogP contribution in [0.1, 0.15) is 228 Å². The average molecular weight is 2070 g/mol. The summed E-state index contributed by atoms with van der Waals surface area (Å²) >= 11 is 0. The van der Waals surface area contributed by atoms with E-state index in [9.17, 15) is 122 Å². The standard InChI is InChI=1S/C14H25FO4.2C11H22O5.4C10H20O6.C9H18O5.C9H18O3/c1-8-9(2)12(15)13(19-14(4,5)6)18-11(8)7-17-10(3)16;1-6-10(16-11(2,3)4)9(14)8(13)7(5-12)15-6;1-6-8(12)10(14)9(13)7(16-6)5-15-11(2,3)4;4*1-10(2,3)16-9-8(14)7(13)6(12)5(4-11)15-9;1-9(2,3)14-8-7(12)6(11)5(10)4-13-8;1-9(2,3)4-7-8(11)6(10)5-12-7/h8-9,11-13H,7H2,1-6H3;2*6-10,12-14H,5H2,1-4H3;4*5-9,11-14H,4H2,1-3H3;5-8,10-12H,4H2,1-3H3;6-8,10-11H,4-5H2,1-3H3/t8-,9-,11?,12?,13-;6-,7?,8-,9+,10?;6?,7?,8?,9-,10-;5?,6-,7+,8?,9+;5?,6-,7+,8?,9-;5?,6-,7-,8?,9+;5?,6-,7-,8?,9-;5-,6+,7?,8?;6-,7+,8+/m011110011/s1. The van der Waals surface area contributed by atoms with Gasteiger partial charge in [-0.05, 0) is 204 Å². The van der Waals surface area contributed by atoms with E-state index in [1.54, 1.807) is 96.9 Å². The maximum absolute atomic E-state index is 14.2. The van der Waals surface area contributed by atoms with Crippen LogP contribution in [0.5, 0.6) is 0 Å². The SMILES string of the molecule is CC(=O)OCC1O[C@@H](OC(C)(C)C)C(F)[C@@H](C)[C@@H]1C.CC(C)(C)C[C@@H]1OC[C@@H](O)[C@@H]1O.CC(C)(C)OC1OC[C@@H](O)[C@H](O)C1O.CC(C)(C)O[C@@H]1OC(CO)[C@@H](O)[C@H](O)C1O.CC(C)(C)O[C@@H]1OC(CO)[C@H](O)[C@H](O)C1O.CC(C)(C)O[C@H]1OC(CO)[C@@H](O)[C@H](O)C1O.CC(C)(C)O[C@H]1OC(CO)[C@H](O)[C@H](O)C1O.CC1OC(COC(C)(C)C)[C@@H](O)[C@H](O)C1O.C[C@H]1OC(CO)[C@@H](O)[C@H](O)C1OC(C)(C)C. The fourth-order valence-electron chi connectivity index (χ4n) is 14.3. The highest BCUT2D eigenvalue weighted by atomic mass is 19.1. The summed E-state index contributed by atoms with van der Waals surface area (Å²) in [7, 11) is 0. The van der Waals surface area contributed by atoms with E-state index in [1.165, 1.54) is 6.92 Å². The lowest BCUT2D eigenvalue weighted by Gasteiger charge is -2.43. The highest BCUT2D eigenvalue weighted by Crippen LogP contribution is 2.38. The molecule has 0 aromatic heterocycles. The Bertz CT molecular complexity index is 3140. The van der Waals surface area contributed by atoms with Crippen molar-refractivity contribution in [3.8, 4) is 0 Å². The summed E-state index contributed by atoms with van der Waals surface area (Å²) in [5.41, 5.74) is -3.81. The third-order valence-corrected chi connectivity index (χ3v) is 21.9. The highest BCUT2D eigenvalue weighted by Gasteiger charge is 2.53. The Morgan fingerprint density at radius 1 is 0.270 bits per heavy atom. The van der Waals surface area contributed by atoms with Gasteiger partial charge in [-0.1, -0.05) is 34.6 Å². The third kappa shape index (κ3) is 48.4. The molecule has 0 aliphatic carbocycles. The fourth-order valence-corrected chi connectivity index (χ4v) is 14.3. The molecule has 9 rings (SSSR count). The summed E-state index contributed by atoms with van der Waals surface area (Å²) < 4.78 is 110. The lowest BCUT2D eigenvalue weighted by molar-refractivity contribution is -0.321. The van der Waals surface area contributed by atoms with Crippen LogP contribution in [0, 0.1) is 17.3 Å². The normalized spacial score (nSPS) is 39.9. The zero-order valence-corrected chi connectivity index (χ0v) is 88.5. The molecule has 0 radical (unpaired) electrons. The number of carbonyl (C=O) groups excluding carboxylic acids is 1. The number of rotatable bonds is 17. The molecule has 27 N–H and O–H groups in total. The number of aliphatic hydroxyl groups excluding tert-OH is 27. The summed E-state index contributed by atoms with van der Waals surface area (Å²) in [6.45, 7) is 56.8. The smallest absolute Gasteiger partial charge is 0.302 e. The number of hydrogen-bond acceptors (Lipinski definition) is 46. The van der Waals surface area contributed by atoms with Gasteiger partial charge in [-0.3, -0.25) is 4.79 Å². The highest BCUT2D eigenvalue weighted by molar-refractivity contribution is 5.65. The minimum atomic E-state index is -1.39. The Hall–Kier alpha value is -2.36. The van der Waals surface area contributed by atoms with Crippen molar-refractivity contribution in [2.75, 3.05) is 59.5 Å². The van der Waals surface area contributed by atoms with E-state index < -0.39 is 293 Å². The van der Waals surface area contributed by atoms with Crippen molar-refractivity contribution >= 4 is 5.97 Å². The van der Waals surface area contributed by atoms with Gasteiger partial charge in [-0.2, -0.15) is 0 Å². The van der Waals surface area contributed by atoms with Gasteiger partial charge in [0.15, 0.2) is 43.9 Å². The molecule has 0 aromatic rings. The molecule has 0 spiro atoms. The van der Waals surface area contributed by atoms with Gasteiger partial charge in [-0.15, -0.1) is 0 Å². The third-order valence-electron chi connectivity index (χ3n) is 21.9. The Kier molecular flexibility index (Phi) is 57.2. The Balaban J connectivity index is 0.000000795. The molecular formula is C94H185FO46. The number of esters is 1. The number of aliphatic hydroxyl groups is 27. The largest absolute Gasteiger partial charge is 0.463 e. The van der Waals surface area contributed by atoms with Crippen LogP contribution in [-0.4, -0.2) is 493 Å². The first-order valence-corrected chi connectivity index (χ1v) is 47.8. The van der Waals surface area contributed by atoms with Crippen molar-refractivity contribution in [2.24, 2.45) is 17.3 Å². The molecule has 46 nitrogen and oxygen atoms in total. The molecule has 9 fully saturated rings. The van der Waals surface area contributed by atoms with E-state index in [1.807, 2.05) is 96.9 Å². The fraction of sp³-hybridized carbons (Fsp3) is 0.989. The van der Waals surface area contributed by atoms with Gasteiger partial charge >= 0.3 is 5.97 Å². The molecule has 0 bridgehead atoms. The van der Waals surface area contributed by atoms with Crippen LogP contribution in [0.2, 0.25) is 0 Å². The van der Waals surface area contributed by atoms with E-state index in [0.29, 0.717) is 0 Å². The van der Waals surface area contributed by atoms with Crippen LogP contribution in [0.4, 0.5) is 4.39 Å². The van der Waals surface area contributed by atoms with Gasteiger partial charge in [0.1, 0.15) is 184 Å². The summed E-state index contributed by atoms with van der Waals surface area (Å²) in [4.78, 5) is 10.9. The van der Waals surface area contributed by atoms with Crippen LogP contribution >= 0.6 is 0 Å². The minimum absolute atomic E-state index is 0.0288. The van der Waals surface area contributed by atoms with Crippen molar-refractivity contribution in [3.05, 3.63) is 0 Å². The van der Waals surface area contributed by atoms with Crippen LogP contribution in [0.15, 0.2) is 0 Å². The Morgan fingerprint density at radius 2 is 0.539 bits per heavy atom. The van der Waals surface area contributed by atoms with E-state index in [-0.39, 0.29) is 80.2 Å². The molecule has 9 aliphatic heterocycles. The molecular weight excluding hydrogens is 1880 g/mol. The van der Waals surface area contributed by atoms with Gasteiger partial charge in [0, 0.05) is 6.92 Å². The number of carbonyl (C=O) groups is 1. The number of halogens is 1. The molecule has 42 atom stereocenters. The van der Waals surface area contributed by atoms with E-state index in [2.05, 4.69) is 20.8 Å². The van der Waals surface area contributed by atoms with E-state index >= 15 is 0 Å². The van der Waals surface area contributed by atoms with Crippen molar-refractivity contribution in [1.29, 1.82) is 0 Å². The first-order valence-electron chi connectivity index (χ1n) is 47.8. The maximum Gasteiger partial charge on any atom is 0.302 e. The maximum atomic E-state index is 14.2. The first kappa shape index (κ1) is 137. The Labute approximate surface area is 829 Å². The molecule has 17 unspecified atom stereocenters. The number of ether oxygens (including phenoxy) is 18. The molecule has 0 amide bonds. The summed E-state index contributed by atoms with van der Waals surface area (Å²) in [5.74, 6) is -0.602. The lowest BCUT2D eigenvalue weighted by Crippen LogP contribution is -2.60. The second kappa shape index (κ2) is 59.0. The predicted molar refractivity (Wildman–Crippen MR) is 498 cm³/mol. The summed E-state index contributed by atoms with van der Waals surface area (Å²) in [6, 6.07) is 0. The van der Waals surface area contributed by atoms with Gasteiger partial charge in [-0.25, -0.2) is 4.39 Å². The molecule has 844 valence electrons. The quantitative estimate of drug-likeness (QED) is 0.0622. The van der Waals surface area contributed by atoms with Crippen molar-refractivity contribution < 1.29 is 232 Å². The predicted octanol–water partition coefficient (Wildman–Crippen LogP) is -3.77. The zero-order valence-electron chi connectivity index (χ0n) is 88.5. The van der Waals surface area contributed by atoms with Gasteiger partial charge in [0.25, 0.3) is 0 Å². The monoisotopic (exact) mass is 2070 g/mol. The molecule has 141 heavy (non-hydrogen) atoms. The van der Waals surface area contributed by atoms with Crippen molar-refractivity contribution in [1.82, 2.24) is 0 Å². The van der Waals surface area contributed by atoms with E-state index in [4.69, 9.17) is 111 Å². The van der Waals surface area contributed by atoms with Gasteiger partial charge in [0.05, 0.1) is 122 Å². The van der Waals surface area contributed by atoms with Gasteiger partial charge < -0.3 is 223 Å². The van der Waals surface area contributed by atoms with Crippen LogP contribution in [-0.2, 0) is 90.1 Å². The molecule has 9 heterocycles. The topological polar surface area (TPSA) is 729 Å². The second-order valence-corrected chi connectivity index (χ2v) is 45.6. The summed E-state index contributed by atoms with van der Waals surface area (Å²) in [6.07, 6.45) is -40.1. The molecule has 47 heteroatoms.